The number of hydrogen-bond donors (Lipinski definition) is 5. The summed E-state index contributed by atoms with van der Waals surface area (Å²) in [6.07, 6.45) is -4.04. The van der Waals surface area contributed by atoms with E-state index in [0.29, 0.717) is 0 Å². The van der Waals surface area contributed by atoms with Crippen molar-refractivity contribution in [1.82, 2.24) is 0 Å². The fraction of sp³-hybridized carbons (Fsp3) is 0.238. The third kappa shape index (κ3) is 5.95. The van der Waals surface area contributed by atoms with Crippen LogP contribution >= 0.6 is 0 Å². The molecule has 0 radical (unpaired) electrons. The van der Waals surface area contributed by atoms with Crippen LogP contribution in [0.15, 0.2) is 36.4 Å². The molecule has 2 aromatic rings. The molecule has 0 amide bonds. The summed E-state index contributed by atoms with van der Waals surface area (Å²) in [5.74, 6) is -3.63. The van der Waals surface area contributed by atoms with Crippen LogP contribution in [0.4, 0.5) is 0 Å². The Bertz CT molecular complexity index is 1040. The highest BCUT2D eigenvalue weighted by atomic mass is 16.6. The largest absolute Gasteiger partial charge is 0.478 e. The molecule has 0 heterocycles. The van der Waals surface area contributed by atoms with Crippen LogP contribution in [-0.2, 0) is 9.47 Å². The summed E-state index contributed by atoms with van der Waals surface area (Å²) in [6, 6.07) is 6.70. The molecule has 0 aliphatic heterocycles. The van der Waals surface area contributed by atoms with Gasteiger partial charge in [0.1, 0.15) is 13.2 Å². The lowest BCUT2D eigenvalue weighted by atomic mass is 10.0. The molecule has 0 fully saturated rings. The van der Waals surface area contributed by atoms with Gasteiger partial charge in [0, 0.05) is 16.7 Å². The predicted molar refractivity (Wildman–Crippen MR) is 105 cm³/mol. The van der Waals surface area contributed by atoms with Crippen molar-refractivity contribution in [2.24, 2.45) is 0 Å². The Morgan fingerprint density at radius 1 is 0.750 bits per heavy atom. The number of Topliss-reactive ketones (excluding diaryl/α,β-unsaturated/α-hetero) is 1. The number of aromatic carboxylic acids is 1. The first kappa shape index (κ1) is 24.6. The molecule has 0 aliphatic rings. The van der Waals surface area contributed by atoms with E-state index in [1.165, 1.54) is 12.1 Å². The highest BCUT2D eigenvalue weighted by Gasteiger charge is 2.19. The average molecular weight is 448 g/mol. The average Bonchev–Trinajstić information content (AvgIpc) is 2.75. The second kappa shape index (κ2) is 10.6. The lowest BCUT2D eigenvalue weighted by Gasteiger charge is -2.14. The Morgan fingerprint density at radius 2 is 1.25 bits per heavy atom. The standard InChI is InChI=1S/C21H20O11/c1-10(22)15-8-11(2-4-13(15)17(23)24)20(29)31-6-7-32-21(30)12-3-5-14(18(25)26)16(9-12)19(27)28/h2-5,8-9,18-19,25-28H,6-7H2,1H3,(H,23,24). The summed E-state index contributed by atoms with van der Waals surface area (Å²) in [5.41, 5.74) is -1.09. The van der Waals surface area contributed by atoms with Gasteiger partial charge in [-0.25, -0.2) is 14.4 Å². The van der Waals surface area contributed by atoms with Crippen molar-refractivity contribution in [3.63, 3.8) is 0 Å². The summed E-state index contributed by atoms with van der Waals surface area (Å²) < 4.78 is 9.87. The van der Waals surface area contributed by atoms with Gasteiger partial charge < -0.3 is 35.0 Å². The van der Waals surface area contributed by atoms with Gasteiger partial charge in [-0.05, 0) is 37.3 Å². The molecule has 5 N–H and O–H groups in total. The molecule has 0 aromatic heterocycles. The van der Waals surface area contributed by atoms with Crippen molar-refractivity contribution in [3.8, 4) is 0 Å². The maximum absolute atomic E-state index is 12.1. The molecule has 0 saturated carbocycles. The molecule has 11 heteroatoms. The number of aliphatic hydroxyl groups excluding tert-OH is 2. The molecule has 0 aliphatic carbocycles. The fourth-order valence-electron chi connectivity index (χ4n) is 2.74. The monoisotopic (exact) mass is 448 g/mol. The van der Waals surface area contributed by atoms with Crippen molar-refractivity contribution in [1.29, 1.82) is 0 Å². The van der Waals surface area contributed by atoms with Crippen molar-refractivity contribution >= 4 is 23.7 Å². The Morgan fingerprint density at radius 3 is 1.72 bits per heavy atom. The van der Waals surface area contributed by atoms with Crippen LogP contribution in [0.25, 0.3) is 0 Å². The van der Waals surface area contributed by atoms with E-state index < -0.39 is 36.3 Å². The van der Waals surface area contributed by atoms with Crippen molar-refractivity contribution in [3.05, 3.63) is 69.8 Å². The van der Waals surface area contributed by atoms with E-state index in [-0.39, 0.29) is 46.6 Å². The van der Waals surface area contributed by atoms with Gasteiger partial charge in [-0.1, -0.05) is 6.07 Å². The first-order valence-corrected chi connectivity index (χ1v) is 9.11. The number of rotatable bonds is 9. The minimum Gasteiger partial charge on any atom is -0.478 e. The fourth-order valence-corrected chi connectivity index (χ4v) is 2.74. The number of ether oxygens (including phenoxy) is 2. The number of ketones is 1. The highest BCUT2D eigenvalue weighted by molar-refractivity contribution is 6.06. The van der Waals surface area contributed by atoms with E-state index >= 15 is 0 Å². The van der Waals surface area contributed by atoms with Gasteiger partial charge in [-0.3, -0.25) is 4.79 Å². The van der Waals surface area contributed by atoms with Gasteiger partial charge in [0.25, 0.3) is 0 Å². The summed E-state index contributed by atoms with van der Waals surface area (Å²) in [5, 5.41) is 46.1. The Balaban J connectivity index is 1.97. The van der Waals surface area contributed by atoms with E-state index in [1.807, 2.05) is 0 Å². The van der Waals surface area contributed by atoms with Gasteiger partial charge in [0.15, 0.2) is 18.4 Å². The van der Waals surface area contributed by atoms with Gasteiger partial charge >= 0.3 is 17.9 Å². The molecule has 11 nitrogen and oxygen atoms in total. The molecule has 2 aromatic carbocycles. The second-order valence-corrected chi connectivity index (χ2v) is 6.48. The number of carbonyl (C=O) groups is 4. The summed E-state index contributed by atoms with van der Waals surface area (Å²) >= 11 is 0. The first-order valence-electron chi connectivity index (χ1n) is 9.11. The van der Waals surface area contributed by atoms with Crippen molar-refractivity contribution in [2.45, 2.75) is 19.5 Å². The number of carbonyl (C=O) groups excluding carboxylic acids is 3. The van der Waals surface area contributed by atoms with Crippen LogP contribution in [0.3, 0.4) is 0 Å². The molecule has 0 unspecified atom stereocenters. The van der Waals surface area contributed by atoms with E-state index in [0.717, 1.165) is 31.2 Å². The molecule has 0 atom stereocenters. The molecular formula is C21H20O11. The highest BCUT2D eigenvalue weighted by Crippen LogP contribution is 2.23. The van der Waals surface area contributed by atoms with Crippen LogP contribution < -0.4 is 0 Å². The lowest BCUT2D eigenvalue weighted by Crippen LogP contribution is -2.16. The van der Waals surface area contributed by atoms with Crippen LogP contribution in [-0.4, -0.2) is 62.4 Å². The number of esters is 2. The van der Waals surface area contributed by atoms with Gasteiger partial charge in [-0.15, -0.1) is 0 Å². The van der Waals surface area contributed by atoms with Crippen LogP contribution in [0.2, 0.25) is 0 Å². The minimum absolute atomic E-state index is 0.0637. The second-order valence-electron chi connectivity index (χ2n) is 6.48. The number of carboxylic acids is 1. The predicted octanol–water partition coefficient (Wildman–Crippen LogP) is 0.568. The summed E-state index contributed by atoms with van der Waals surface area (Å²) in [4.78, 5) is 47.0. The van der Waals surface area contributed by atoms with E-state index in [4.69, 9.17) is 14.6 Å². The zero-order chi connectivity index (χ0) is 24.0. The van der Waals surface area contributed by atoms with Crippen LogP contribution in [0.5, 0.6) is 0 Å². The van der Waals surface area contributed by atoms with Crippen LogP contribution in [0.1, 0.15) is 72.1 Å². The lowest BCUT2D eigenvalue weighted by molar-refractivity contribution is -0.0635. The van der Waals surface area contributed by atoms with Gasteiger partial charge in [0.2, 0.25) is 0 Å². The van der Waals surface area contributed by atoms with Gasteiger partial charge in [-0.2, -0.15) is 0 Å². The quantitative estimate of drug-likeness (QED) is 0.156. The molecule has 0 saturated heterocycles. The van der Waals surface area contributed by atoms with Crippen molar-refractivity contribution in [2.75, 3.05) is 13.2 Å². The minimum atomic E-state index is -2.06. The molecule has 170 valence electrons. The van der Waals surface area contributed by atoms with Crippen molar-refractivity contribution < 1.29 is 54.2 Å². The number of hydrogen-bond acceptors (Lipinski definition) is 10. The molecule has 2 rings (SSSR count). The Kier molecular flexibility index (Phi) is 8.15. The smallest absolute Gasteiger partial charge is 0.338 e. The Hall–Kier alpha value is -3.64. The molecular weight excluding hydrogens is 428 g/mol. The molecule has 0 spiro atoms. The summed E-state index contributed by atoms with van der Waals surface area (Å²) in [6.45, 7) is 0.438. The molecule has 32 heavy (non-hydrogen) atoms. The normalized spacial score (nSPS) is 10.8. The van der Waals surface area contributed by atoms with E-state index in [2.05, 4.69) is 0 Å². The topological polar surface area (TPSA) is 188 Å². The SMILES string of the molecule is CC(=O)c1cc(C(=O)OCCOC(=O)c2ccc(C(O)O)c(C(O)O)c2)ccc1C(=O)O. The summed E-state index contributed by atoms with van der Waals surface area (Å²) in [7, 11) is 0. The maximum Gasteiger partial charge on any atom is 0.338 e. The molecule has 0 bridgehead atoms. The van der Waals surface area contributed by atoms with E-state index in [9.17, 15) is 39.6 Å². The van der Waals surface area contributed by atoms with Crippen LogP contribution in [0, 0.1) is 0 Å². The van der Waals surface area contributed by atoms with E-state index in [1.54, 1.807) is 0 Å². The maximum atomic E-state index is 12.1. The number of benzene rings is 2. The zero-order valence-electron chi connectivity index (χ0n) is 16.7. The zero-order valence-corrected chi connectivity index (χ0v) is 16.7. The number of carboxylic acid groups (broad SMARTS) is 1. The Labute approximate surface area is 181 Å². The number of aliphatic hydroxyl groups is 4. The van der Waals surface area contributed by atoms with Gasteiger partial charge in [0.05, 0.1) is 16.7 Å². The first-order chi connectivity index (χ1) is 15.0. The third-order valence-corrected chi connectivity index (χ3v) is 4.29. The third-order valence-electron chi connectivity index (χ3n) is 4.29.